The van der Waals surface area contributed by atoms with Gasteiger partial charge in [0.15, 0.2) is 0 Å². The molecular formula is C23H25N3O4S. The van der Waals surface area contributed by atoms with Crippen molar-refractivity contribution in [3.8, 4) is 5.75 Å². The van der Waals surface area contributed by atoms with Gasteiger partial charge in [-0.3, -0.25) is 9.52 Å². The van der Waals surface area contributed by atoms with E-state index in [4.69, 9.17) is 4.74 Å². The third kappa shape index (κ3) is 6.48. The summed E-state index contributed by atoms with van der Waals surface area (Å²) >= 11 is 0. The predicted octanol–water partition coefficient (Wildman–Crippen LogP) is 3.73. The van der Waals surface area contributed by atoms with E-state index >= 15 is 0 Å². The Kier molecular flexibility index (Phi) is 7.50. The number of rotatable bonds is 10. The molecule has 0 aliphatic heterocycles. The molecule has 7 nitrogen and oxygen atoms in total. The van der Waals surface area contributed by atoms with Crippen molar-refractivity contribution in [2.24, 2.45) is 0 Å². The average molecular weight is 440 g/mol. The molecule has 3 rings (SSSR count). The van der Waals surface area contributed by atoms with Gasteiger partial charge in [-0.15, -0.1) is 0 Å². The monoisotopic (exact) mass is 439 g/mol. The van der Waals surface area contributed by atoms with Gasteiger partial charge in [0.05, 0.1) is 12.0 Å². The summed E-state index contributed by atoms with van der Waals surface area (Å²) in [4.78, 5) is 12.4. The number of ether oxygens (including phenoxy) is 1. The molecule has 162 valence electrons. The Morgan fingerprint density at radius 3 is 2.16 bits per heavy atom. The van der Waals surface area contributed by atoms with E-state index in [1.165, 1.54) is 24.3 Å². The van der Waals surface area contributed by atoms with Gasteiger partial charge in [0.1, 0.15) is 5.75 Å². The molecule has 0 aliphatic rings. The second-order valence-electron chi connectivity index (χ2n) is 6.76. The molecule has 31 heavy (non-hydrogen) atoms. The second kappa shape index (κ2) is 10.5. The van der Waals surface area contributed by atoms with Crippen LogP contribution in [0.3, 0.4) is 0 Å². The molecule has 0 bridgehead atoms. The Bertz CT molecular complexity index is 1080. The summed E-state index contributed by atoms with van der Waals surface area (Å²) in [5, 5.41) is 6.11. The molecule has 0 unspecified atom stereocenters. The molecule has 0 saturated heterocycles. The zero-order chi connectivity index (χ0) is 22.1. The maximum absolute atomic E-state index is 12.5. The fraction of sp³-hybridized carbons (Fsp3) is 0.174. The first kappa shape index (κ1) is 22.2. The second-order valence-corrected chi connectivity index (χ2v) is 8.44. The third-order valence-electron chi connectivity index (χ3n) is 4.51. The molecule has 0 heterocycles. The first-order valence-corrected chi connectivity index (χ1v) is 11.3. The largest absolute Gasteiger partial charge is 0.497 e. The number of nitrogens with one attached hydrogen (secondary N) is 3. The fourth-order valence-electron chi connectivity index (χ4n) is 2.84. The number of carbonyl (C=O) groups is 1. The summed E-state index contributed by atoms with van der Waals surface area (Å²) in [6.45, 7) is 1.25. The molecule has 1 amide bonds. The van der Waals surface area contributed by atoms with Gasteiger partial charge in [0.25, 0.3) is 15.9 Å². The van der Waals surface area contributed by atoms with Crippen LogP contribution in [0.5, 0.6) is 5.75 Å². The molecule has 0 aliphatic carbocycles. The van der Waals surface area contributed by atoms with E-state index in [0.717, 1.165) is 18.7 Å². The van der Waals surface area contributed by atoms with Crippen molar-refractivity contribution in [1.29, 1.82) is 0 Å². The van der Waals surface area contributed by atoms with Gasteiger partial charge in [-0.2, -0.15) is 0 Å². The molecular weight excluding hydrogens is 414 g/mol. The van der Waals surface area contributed by atoms with E-state index in [0.29, 0.717) is 23.5 Å². The first-order valence-electron chi connectivity index (χ1n) is 9.82. The van der Waals surface area contributed by atoms with Crippen LogP contribution < -0.4 is 20.1 Å². The number of anilines is 2. The number of hydrogen-bond acceptors (Lipinski definition) is 5. The van der Waals surface area contributed by atoms with E-state index in [-0.39, 0.29) is 10.8 Å². The molecule has 3 aromatic rings. The molecule has 0 aromatic heterocycles. The summed E-state index contributed by atoms with van der Waals surface area (Å²) in [5.41, 5.74) is 1.86. The Morgan fingerprint density at radius 2 is 1.52 bits per heavy atom. The molecule has 0 saturated carbocycles. The molecule has 8 heteroatoms. The zero-order valence-corrected chi connectivity index (χ0v) is 18.0. The highest BCUT2D eigenvalue weighted by Gasteiger charge is 2.15. The van der Waals surface area contributed by atoms with E-state index < -0.39 is 10.0 Å². The number of amides is 1. The number of methoxy groups -OCH3 is 1. The van der Waals surface area contributed by atoms with E-state index in [1.807, 2.05) is 30.3 Å². The standard InChI is InChI=1S/C23H25N3O4S/c1-30-21-12-10-20(11-13-21)26-31(28,29)22-14-8-18(9-15-22)23(27)25-17-5-16-24-19-6-3-2-4-7-19/h2-4,6-15,24,26H,5,16-17H2,1H3,(H,25,27). The smallest absolute Gasteiger partial charge is 0.261 e. The highest BCUT2D eigenvalue weighted by atomic mass is 32.2. The Balaban J connectivity index is 1.49. The highest BCUT2D eigenvalue weighted by Crippen LogP contribution is 2.19. The lowest BCUT2D eigenvalue weighted by molar-refractivity contribution is 0.0953. The summed E-state index contributed by atoms with van der Waals surface area (Å²) in [5.74, 6) is 0.390. The minimum Gasteiger partial charge on any atom is -0.497 e. The van der Waals surface area contributed by atoms with Gasteiger partial charge in [-0.1, -0.05) is 18.2 Å². The molecule has 0 spiro atoms. The van der Waals surface area contributed by atoms with Gasteiger partial charge in [-0.05, 0) is 67.1 Å². The van der Waals surface area contributed by atoms with Gasteiger partial charge >= 0.3 is 0 Å². The normalized spacial score (nSPS) is 10.9. The van der Waals surface area contributed by atoms with Crippen molar-refractivity contribution in [2.45, 2.75) is 11.3 Å². The maximum Gasteiger partial charge on any atom is 0.261 e. The van der Waals surface area contributed by atoms with Crippen molar-refractivity contribution < 1.29 is 17.9 Å². The molecule has 3 N–H and O–H groups in total. The summed E-state index contributed by atoms with van der Waals surface area (Å²) in [7, 11) is -2.22. The van der Waals surface area contributed by atoms with Crippen molar-refractivity contribution >= 4 is 27.3 Å². The predicted molar refractivity (Wildman–Crippen MR) is 122 cm³/mol. The average Bonchev–Trinajstić information content (AvgIpc) is 2.80. The minimum atomic E-state index is -3.76. The lowest BCUT2D eigenvalue weighted by atomic mass is 10.2. The summed E-state index contributed by atoms with van der Waals surface area (Å²) in [6.07, 6.45) is 0.763. The van der Waals surface area contributed by atoms with E-state index in [2.05, 4.69) is 15.4 Å². The van der Waals surface area contributed by atoms with Crippen LogP contribution in [0.2, 0.25) is 0 Å². The van der Waals surface area contributed by atoms with Crippen LogP contribution in [-0.4, -0.2) is 34.5 Å². The van der Waals surface area contributed by atoms with Crippen LogP contribution in [0.25, 0.3) is 0 Å². The van der Waals surface area contributed by atoms with Crippen molar-refractivity contribution in [1.82, 2.24) is 5.32 Å². The lowest BCUT2D eigenvalue weighted by Gasteiger charge is -2.10. The molecule has 0 atom stereocenters. The maximum atomic E-state index is 12.5. The SMILES string of the molecule is COc1ccc(NS(=O)(=O)c2ccc(C(=O)NCCCNc3ccccc3)cc2)cc1. The van der Waals surface area contributed by atoms with Crippen LogP contribution >= 0.6 is 0 Å². The number of para-hydroxylation sites is 1. The number of benzene rings is 3. The highest BCUT2D eigenvalue weighted by molar-refractivity contribution is 7.92. The van der Waals surface area contributed by atoms with Crippen LogP contribution in [-0.2, 0) is 10.0 Å². The van der Waals surface area contributed by atoms with Crippen LogP contribution in [0.4, 0.5) is 11.4 Å². The molecule has 3 aromatic carbocycles. The minimum absolute atomic E-state index is 0.0759. The van der Waals surface area contributed by atoms with E-state index in [9.17, 15) is 13.2 Å². The van der Waals surface area contributed by atoms with Crippen LogP contribution in [0, 0.1) is 0 Å². The summed E-state index contributed by atoms with van der Waals surface area (Å²) < 4.78 is 32.7. The van der Waals surface area contributed by atoms with Crippen molar-refractivity contribution in [2.75, 3.05) is 30.2 Å². The van der Waals surface area contributed by atoms with Gasteiger partial charge < -0.3 is 15.4 Å². The Labute approximate surface area is 182 Å². The van der Waals surface area contributed by atoms with Gasteiger partial charge in [0.2, 0.25) is 0 Å². The van der Waals surface area contributed by atoms with Crippen LogP contribution in [0.1, 0.15) is 16.8 Å². The lowest BCUT2D eigenvalue weighted by Crippen LogP contribution is -2.25. The van der Waals surface area contributed by atoms with Crippen molar-refractivity contribution in [3.63, 3.8) is 0 Å². The number of carbonyl (C=O) groups excluding carboxylic acids is 1. The fourth-order valence-corrected chi connectivity index (χ4v) is 3.90. The number of hydrogen-bond donors (Lipinski definition) is 3. The topological polar surface area (TPSA) is 96.5 Å². The quantitative estimate of drug-likeness (QED) is 0.418. The molecule has 0 fully saturated rings. The van der Waals surface area contributed by atoms with E-state index in [1.54, 1.807) is 31.4 Å². The molecule has 0 radical (unpaired) electrons. The van der Waals surface area contributed by atoms with Crippen molar-refractivity contribution in [3.05, 3.63) is 84.4 Å². The van der Waals surface area contributed by atoms with Gasteiger partial charge in [-0.25, -0.2) is 8.42 Å². The Hall–Kier alpha value is -3.52. The summed E-state index contributed by atoms with van der Waals surface area (Å²) in [6, 6.07) is 22.2. The van der Waals surface area contributed by atoms with Gasteiger partial charge in [0, 0.05) is 30.0 Å². The third-order valence-corrected chi connectivity index (χ3v) is 5.91. The van der Waals surface area contributed by atoms with Crippen LogP contribution in [0.15, 0.2) is 83.8 Å². The number of sulfonamides is 1. The first-order chi connectivity index (χ1) is 15.0. The Morgan fingerprint density at radius 1 is 0.839 bits per heavy atom. The zero-order valence-electron chi connectivity index (χ0n) is 17.2.